The lowest BCUT2D eigenvalue weighted by atomic mass is 10.1. The Morgan fingerprint density at radius 3 is 2.19 bits per heavy atom. The third kappa shape index (κ3) is 6.71. The number of nitrogens with one attached hydrogen (secondary N) is 1. The Kier molecular flexibility index (Phi) is 8.33. The van der Waals surface area contributed by atoms with Crippen molar-refractivity contribution in [1.29, 1.82) is 0 Å². The van der Waals surface area contributed by atoms with Gasteiger partial charge in [0.25, 0.3) is 0 Å². The van der Waals surface area contributed by atoms with Gasteiger partial charge in [-0.1, -0.05) is 60.7 Å². The van der Waals surface area contributed by atoms with Crippen LogP contribution in [0.3, 0.4) is 0 Å². The monoisotopic (exact) mass is 399 g/mol. The molecule has 1 amide bonds. The van der Waals surface area contributed by atoms with Crippen molar-refractivity contribution in [3.05, 3.63) is 90.1 Å². The van der Waals surface area contributed by atoms with Gasteiger partial charge in [0.15, 0.2) is 0 Å². The Morgan fingerprint density at radius 1 is 0.963 bits per heavy atom. The Labute approximate surface area is 170 Å². The summed E-state index contributed by atoms with van der Waals surface area (Å²) >= 11 is 1.71. The van der Waals surface area contributed by atoms with Crippen LogP contribution in [-0.2, 0) is 17.0 Å². The van der Waals surface area contributed by atoms with Crippen LogP contribution in [-0.4, -0.2) is 16.9 Å². The molecule has 1 aromatic heterocycles. The fourth-order valence-electron chi connectivity index (χ4n) is 2.46. The average Bonchev–Trinajstić information content (AvgIpc) is 2.69. The summed E-state index contributed by atoms with van der Waals surface area (Å²) in [4.78, 5) is 17.6. The molecule has 3 N–H and O–H groups in total. The Bertz CT molecular complexity index is 829. The number of rotatable bonds is 7. The number of carbonyl (C=O) groups excluding carboxylic acids is 1. The van der Waals surface area contributed by atoms with Crippen LogP contribution >= 0.6 is 24.2 Å². The van der Waals surface area contributed by atoms with Gasteiger partial charge in [0.1, 0.15) is 5.82 Å². The summed E-state index contributed by atoms with van der Waals surface area (Å²) in [5, 5.41) is 2.78. The van der Waals surface area contributed by atoms with Crippen LogP contribution < -0.4 is 11.1 Å². The molecule has 0 saturated carbocycles. The van der Waals surface area contributed by atoms with Crippen molar-refractivity contribution in [1.82, 2.24) is 4.98 Å². The van der Waals surface area contributed by atoms with Crippen LogP contribution in [0.25, 0.3) is 0 Å². The topological polar surface area (TPSA) is 68.0 Å². The van der Waals surface area contributed by atoms with Gasteiger partial charge in [-0.15, -0.1) is 24.2 Å². The number of anilines is 1. The molecule has 140 valence electrons. The minimum atomic E-state index is -0.605. The van der Waals surface area contributed by atoms with E-state index in [2.05, 4.69) is 22.4 Å². The number of halogens is 1. The third-order valence-electron chi connectivity index (χ3n) is 3.87. The molecule has 0 radical (unpaired) electrons. The van der Waals surface area contributed by atoms with Crippen molar-refractivity contribution in [2.45, 2.75) is 23.1 Å². The minimum absolute atomic E-state index is 0. The highest BCUT2D eigenvalue weighted by molar-refractivity contribution is 7.98. The zero-order chi connectivity index (χ0) is 18.2. The smallest absolute Gasteiger partial charge is 0.242 e. The van der Waals surface area contributed by atoms with Crippen molar-refractivity contribution in [2.75, 3.05) is 5.32 Å². The molecule has 0 spiro atoms. The lowest BCUT2D eigenvalue weighted by Crippen LogP contribution is -2.37. The molecule has 1 unspecified atom stereocenters. The third-order valence-corrected chi connectivity index (χ3v) is 4.92. The lowest BCUT2D eigenvalue weighted by Gasteiger charge is -2.12. The second-order valence-corrected chi connectivity index (χ2v) is 6.99. The number of hydrogen-bond acceptors (Lipinski definition) is 4. The Morgan fingerprint density at radius 2 is 1.59 bits per heavy atom. The second-order valence-electron chi connectivity index (χ2n) is 5.94. The molecule has 27 heavy (non-hydrogen) atoms. The molecule has 1 heterocycles. The molecular weight excluding hydrogens is 378 g/mol. The predicted molar refractivity (Wildman–Crippen MR) is 114 cm³/mol. The summed E-state index contributed by atoms with van der Waals surface area (Å²) in [5.41, 5.74) is 8.30. The summed E-state index contributed by atoms with van der Waals surface area (Å²) in [6, 6.07) is 23.2. The number of pyridine rings is 1. The van der Waals surface area contributed by atoms with Crippen molar-refractivity contribution < 1.29 is 4.79 Å². The quantitative estimate of drug-likeness (QED) is 0.581. The molecule has 0 aliphatic carbocycles. The van der Waals surface area contributed by atoms with E-state index in [0.717, 1.165) is 16.2 Å². The normalized spacial score (nSPS) is 11.3. The molecule has 0 aliphatic heterocycles. The maximum absolute atomic E-state index is 12.2. The van der Waals surface area contributed by atoms with Crippen LogP contribution in [0.5, 0.6) is 0 Å². The summed E-state index contributed by atoms with van der Waals surface area (Å²) in [5.74, 6) is 1.17. The maximum Gasteiger partial charge on any atom is 0.242 e. The van der Waals surface area contributed by atoms with Crippen LogP contribution in [0.15, 0.2) is 83.9 Å². The predicted octanol–water partition coefficient (Wildman–Crippen LogP) is 4.30. The van der Waals surface area contributed by atoms with E-state index >= 15 is 0 Å². The van der Waals surface area contributed by atoms with Gasteiger partial charge in [-0.25, -0.2) is 4.98 Å². The molecule has 3 aromatic rings. The summed E-state index contributed by atoms with van der Waals surface area (Å²) in [6.07, 6.45) is 2.27. The number of hydrogen-bond donors (Lipinski definition) is 2. The highest BCUT2D eigenvalue weighted by Gasteiger charge is 2.14. The fourth-order valence-corrected chi connectivity index (χ4v) is 3.28. The largest absolute Gasteiger partial charge is 0.320 e. The van der Waals surface area contributed by atoms with Gasteiger partial charge in [0.05, 0.1) is 6.04 Å². The van der Waals surface area contributed by atoms with Gasteiger partial charge in [-0.05, 0) is 29.7 Å². The van der Waals surface area contributed by atoms with Gasteiger partial charge < -0.3 is 11.1 Å². The minimum Gasteiger partial charge on any atom is -0.320 e. The van der Waals surface area contributed by atoms with Crippen LogP contribution in [0.4, 0.5) is 5.82 Å². The first-order valence-electron chi connectivity index (χ1n) is 8.44. The van der Waals surface area contributed by atoms with E-state index in [0.29, 0.717) is 12.2 Å². The molecule has 2 aromatic carbocycles. The Hall–Kier alpha value is -2.34. The fraction of sp³-hybridized carbons (Fsp3) is 0.143. The summed E-state index contributed by atoms with van der Waals surface area (Å²) < 4.78 is 0. The van der Waals surface area contributed by atoms with E-state index in [-0.39, 0.29) is 18.3 Å². The molecule has 6 heteroatoms. The van der Waals surface area contributed by atoms with Gasteiger partial charge in [-0.3, -0.25) is 4.79 Å². The van der Waals surface area contributed by atoms with Crippen molar-refractivity contribution in [3.63, 3.8) is 0 Å². The number of nitrogens with two attached hydrogens (primary N) is 1. The number of amides is 1. The zero-order valence-electron chi connectivity index (χ0n) is 14.7. The lowest BCUT2D eigenvalue weighted by molar-refractivity contribution is -0.117. The van der Waals surface area contributed by atoms with Crippen molar-refractivity contribution in [3.8, 4) is 0 Å². The molecule has 0 bridgehead atoms. The van der Waals surface area contributed by atoms with E-state index < -0.39 is 6.04 Å². The first kappa shape index (κ1) is 21.0. The van der Waals surface area contributed by atoms with Crippen LogP contribution in [0.1, 0.15) is 11.1 Å². The van der Waals surface area contributed by atoms with E-state index in [1.165, 1.54) is 5.56 Å². The van der Waals surface area contributed by atoms with Crippen LogP contribution in [0, 0.1) is 0 Å². The van der Waals surface area contributed by atoms with Gasteiger partial charge >= 0.3 is 0 Å². The average molecular weight is 400 g/mol. The molecule has 4 nitrogen and oxygen atoms in total. The van der Waals surface area contributed by atoms with Crippen molar-refractivity contribution >= 4 is 35.9 Å². The van der Waals surface area contributed by atoms with Gasteiger partial charge in [0.2, 0.25) is 5.91 Å². The highest BCUT2D eigenvalue weighted by Crippen LogP contribution is 2.22. The SMILES string of the molecule is Cl.NC(Cc1ccccc1)C(=O)Nc1ccc(SCc2ccccc2)cn1. The first-order valence-corrected chi connectivity index (χ1v) is 9.42. The summed E-state index contributed by atoms with van der Waals surface area (Å²) in [7, 11) is 0. The molecule has 0 aliphatic rings. The van der Waals surface area contributed by atoms with Gasteiger partial charge in [0, 0.05) is 16.8 Å². The number of nitrogens with zero attached hydrogens (tertiary/aromatic N) is 1. The molecular formula is C21H22ClN3OS. The second kappa shape index (κ2) is 10.7. The van der Waals surface area contributed by atoms with Gasteiger partial charge in [-0.2, -0.15) is 0 Å². The number of thioether (sulfide) groups is 1. The highest BCUT2D eigenvalue weighted by atomic mass is 35.5. The number of aromatic nitrogens is 1. The Balaban J connectivity index is 0.00000261. The maximum atomic E-state index is 12.2. The van der Waals surface area contributed by atoms with Crippen LogP contribution in [0.2, 0.25) is 0 Å². The molecule has 3 rings (SSSR count). The molecule has 0 saturated heterocycles. The number of carbonyl (C=O) groups is 1. The summed E-state index contributed by atoms with van der Waals surface area (Å²) in [6.45, 7) is 0. The molecule has 0 fully saturated rings. The van der Waals surface area contributed by atoms with E-state index in [1.807, 2.05) is 54.6 Å². The van der Waals surface area contributed by atoms with E-state index in [1.54, 1.807) is 24.0 Å². The molecule has 1 atom stereocenters. The van der Waals surface area contributed by atoms with E-state index in [4.69, 9.17) is 5.73 Å². The van der Waals surface area contributed by atoms with E-state index in [9.17, 15) is 4.79 Å². The standard InChI is InChI=1S/C21H21N3OS.ClH/c22-19(13-16-7-3-1-4-8-16)21(25)24-20-12-11-18(14-23-20)26-15-17-9-5-2-6-10-17;/h1-12,14,19H,13,15,22H2,(H,23,24,25);1H. The first-order chi connectivity index (χ1) is 12.7. The number of benzene rings is 2. The van der Waals surface area contributed by atoms with Crippen molar-refractivity contribution in [2.24, 2.45) is 5.73 Å². The zero-order valence-corrected chi connectivity index (χ0v) is 16.4.